The molecule has 0 aliphatic heterocycles. The van der Waals surface area contributed by atoms with Crippen LogP contribution < -0.4 is 0 Å². The molecule has 0 fully saturated rings. The molecule has 0 saturated carbocycles. The Labute approximate surface area is 97.1 Å². The first-order valence-electron chi connectivity index (χ1n) is 4.39. The molecule has 0 radical (unpaired) electrons. The Morgan fingerprint density at radius 1 is 1.47 bits per heavy atom. The van der Waals surface area contributed by atoms with Gasteiger partial charge in [0.1, 0.15) is 5.75 Å². The number of hydrogen-bond donors (Lipinski definition) is 1. The summed E-state index contributed by atoms with van der Waals surface area (Å²) in [5.41, 5.74) is 0.294. The highest BCUT2D eigenvalue weighted by molar-refractivity contribution is 9.10. The van der Waals surface area contributed by atoms with Gasteiger partial charge in [0.25, 0.3) is 0 Å². The van der Waals surface area contributed by atoms with Gasteiger partial charge in [0, 0.05) is 26.4 Å². The van der Waals surface area contributed by atoms with Crippen LogP contribution in [-0.4, -0.2) is 29.9 Å². The van der Waals surface area contributed by atoms with Crippen LogP contribution in [0.1, 0.15) is 10.4 Å². The minimum absolute atomic E-state index is 0.0223. The standard InChI is InChI=1S/C11H12BrNO2/c1-13(2)7-6-10(14)8-4-3-5-9(12)11(8)15/h3-7,15H,1-2H3. The fourth-order valence-corrected chi connectivity index (χ4v) is 1.39. The van der Waals surface area contributed by atoms with Gasteiger partial charge in [-0.2, -0.15) is 0 Å². The number of aromatic hydroxyl groups is 1. The van der Waals surface area contributed by atoms with E-state index >= 15 is 0 Å². The number of para-hydroxylation sites is 1. The van der Waals surface area contributed by atoms with Crippen molar-refractivity contribution in [3.63, 3.8) is 0 Å². The highest BCUT2D eigenvalue weighted by atomic mass is 79.9. The average molecular weight is 270 g/mol. The first-order valence-corrected chi connectivity index (χ1v) is 5.18. The van der Waals surface area contributed by atoms with Crippen LogP contribution in [0.2, 0.25) is 0 Å². The van der Waals surface area contributed by atoms with E-state index in [4.69, 9.17) is 0 Å². The molecule has 0 bridgehead atoms. The number of halogens is 1. The predicted octanol–water partition coefficient (Wildman–Crippen LogP) is 2.41. The monoisotopic (exact) mass is 269 g/mol. The summed E-state index contributed by atoms with van der Waals surface area (Å²) >= 11 is 3.16. The fourth-order valence-electron chi connectivity index (χ4n) is 1.02. The van der Waals surface area contributed by atoms with Crippen LogP contribution >= 0.6 is 15.9 Å². The molecule has 4 heteroatoms. The molecule has 0 heterocycles. The van der Waals surface area contributed by atoms with E-state index in [1.165, 1.54) is 6.08 Å². The molecule has 1 N–H and O–H groups in total. The summed E-state index contributed by atoms with van der Waals surface area (Å²) in [5.74, 6) is -0.242. The second-order valence-corrected chi connectivity index (χ2v) is 4.13. The first-order chi connectivity index (χ1) is 7.02. The molecule has 0 spiro atoms. The second kappa shape index (κ2) is 4.98. The van der Waals surface area contributed by atoms with Crippen molar-refractivity contribution in [1.29, 1.82) is 0 Å². The summed E-state index contributed by atoms with van der Waals surface area (Å²) < 4.78 is 0.520. The maximum atomic E-state index is 11.6. The van der Waals surface area contributed by atoms with E-state index in [0.29, 0.717) is 10.0 Å². The third-order valence-corrected chi connectivity index (χ3v) is 2.42. The van der Waals surface area contributed by atoms with Crippen molar-refractivity contribution in [1.82, 2.24) is 4.90 Å². The van der Waals surface area contributed by atoms with E-state index in [0.717, 1.165) is 0 Å². The number of hydrogen-bond acceptors (Lipinski definition) is 3. The Bertz CT molecular complexity index is 400. The largest absolute Gasteiger partial charge is 0.506 e. The lowest BCUT2D eigenvalue weighted by atomic mass is 10.1. The summed E-state index contributed by atoms with van der Waals surface area (Å²) in [4.78, 5) is 13.4. The van der Waals surface area contributed by atoms with Crippen LogP contribution in [0.25, 0.3) is 0 Å². The zero-order valence-corrected chi connectivity index (χ0v) is 10.2. The van der Waals surface area contributed by atoms with Crippen molar-refractivity contribution in [2.24, 2.45) is 0 Å². The molecular formula is C11H12BrNO2. The van der Waals surface area contributed by atoms with E-state index in [1.807, 2.05) is 14.1 Å². The normalized spacial score (nSPS) is 10.6. The van der Waals surface area contributed by atoms with Crippen LogP contribution in [0, 0.1) is 0 Å². The molecule has 3 nitrogen and oxygen atoms in total. The van der Waals surface area contributed by atoms with Crippen molar-refractivity contribution in [3.8, 4) is 5.75 Å². The van der Waals surface area contributed by atoms with Gasteiger partial charge in [-0.3, -0.25) is 4.79 Å². The molecule has 15 heavy (non-hydrogen) atoms. The molecule has 0 unspecified atom stereocenters. The number of allylic oxidation sites excluding steroid dienone is 1. The average Bonchev–Trinajstić information content (AvgIpc) is 2.18. The van der Waals surface area contributed by atoms with Crippen LogP contribution in [0.15, 0.2) is 34.9 Å². The van der Waals surface area contributed by atoms with E-state index in [1.54, 1.807) is 29.3 Å². The zero-order valence-electron chi connectivity index (χ0n) is 8.57. The topological polar surface area (TPSA) is 40.5 Å². The van der Waals surface area contributed by atoms with Crippen LogP contribution in [0.3, 0.4) is 0 Å². The lowest BCUT2D eigenvalue weighted by Crippen LogP contribution is -2.03. The molecule has 0 aliphatic rings. The molecule has 1 rings (SSSR count). The van der Waals surface area contributed by atoms with E-state index in [9.17, 15) is 9.90 Å². The Balaban J connectivity index is 2.97. The van der Waals surface area contributed by atoms with Gasteiger partial charge < -0.3 is 10.0 Å². The Morgan fingerprint density at radius 2 is 2.13 bits per heavy atom. The quantitative estimate of drug-likeness (QED) is 0.677. The molecule has 1 aromatic carbocycles. The Kier molecular flexibility index (Phi) is 3.91. The molecule has 0 amide bonds. The van der Waals surface area contributed by atoms with Crippen LogP contribution in [0.4, 0.5) is 0 Å². The van der Waals surface area contributed by atoms with E-state index in [-0.39, 0.29) is 11.5 Å². The maximum Gasteiger partial charge on any atom is 0.191 e. The molecule has 1 aromatic rings. The fraction of sp³-hybridized carbons (Fsp3) is 0.182. The van der Waals surface area contributed by atoms with Gasteiger partial charge in [0.15, 0.2) is 5.78 Å². The maximum absolute atomic E-state index is 11.6. The summed E-state index contributed by atoms with van der Waals surface area (Å²) in [6.45, 7) is 0. The van der Waals surface area contributed by atoms with Crippen molar-refractivity contribution in [2.45, 2.75) is 0 Å². The van der Waals surface area contributed by atoms with Gasteiger partial charge in [-0.05, 0) is 28.1 Å². The van der Waals surface area contributed by atoms with Crippen LogP contribution in [-0.2, 0) is 0 Å². The van der Waals surface area contributed by atoms with E-state index < -0.39 is 0 Å². The summed E-state index contributed by atoms with van der Waals surface area (Å²) in [7, 11) is 3.65. The van der Waals surface area contributed by atoms with Crippen molar-refractivity contribution < 1.29 is 9.90 Å². The lowest BCUT2D eigenvalue weighted by Gasteiger charge is -2.04. The minimum Gasteiger partial charge on any atom is -0.506 e. The smallest absolute Gasteiger partial charge is 0.191 e. The highest BCUT2D eigenvalue weighted by Gasteiger charge is 2.10. The molecule has 0 atom stereocenters. The van der Waals surface area contributed by atoms with Gasteiger partial charge >= 0.3 is 0 Å². The molecule has 0 saturated heterocycles. The third-order valence-electron chi connectivity index (χ3n) is 1.78. The SMILES string of the molecule is CN(C)C=CC(=O)c1cccc(Br)c1O. The molecule has 0 aliphatic carbocycles. The predicted molar refractivity (Wildman–Crippen MR) is 63.0 cm³/mol. The molecular weight excluding hydrogens is 258 g/mol. The van der Waals surface area contributed by atoms with Crippen molar-refractivity contribution in [3.05, 3.63) is 40.5 Å². The number of phenols is 1. The van der Waals surface area contributed by atoms with Gasteiger partial charge in [-0.1, -0.05) is 6.07 Å². The van der Waals surface area contributed by atoms with Gasteiger partial charge in [-0.25, -0.2) is 0 Å². The minimum atomic E-state index is -0.220. The number of carbonyl (C=O) groups is 1. The van der Waals surface area contributed by atoms with E-state index in [2.05, 4.69) is 15.9 Å². The Hall–Kier alpha value is -1.29. The third kappa shape index (κ3) is 3.09. The number of phenolic OH excluding ortho intramolecular Hbond substituents is 1. The summed E-state index contributed by atoms with van der Waals surface area (Å²) in [6, 6.07) is 4.98. The first kappa shape index (κ1) is 11.8. The summed E-state index contributed by atoms with van der Waals surface area (Å²) in [6.07, 6.45) is 3.06. The lowest BCUT2D eigenvalue weighted by molar-refractivity contribution is 0.104. The second-order valence-electron chi connectivity index (χ2n) is 3.28. The molecule has 80 valence electrons. The number of rotatable bonds is 3. The Morgan fingerprint density at radius 3 is 2.73 bits per heavy atom. The highest BCUT2D eigenvalue weighted by Crippen LogP contribution is 2.27. The number of nitrogens with zero attached hydrogens (tertiary/aromatic N) is 1. The van der Waals surface area contributed by atoms with Gasteiger partial charge in [0.05, 0.1) is 10.0 Å². The van der Waals surface area contributed by atoms with Gasteiger partial charge in [-0.15, -0.1) is 0 Å². The number of benzene rings is 1. The van der Waals surface area contributed by atoms with Crippen LogP contribution in [0.5, 0.6) is 5.75 Å². The number of ketones is 1. The van der Waals surface area contributed by atoms with Crippen molar-refractivity contribution in [2.75, 3.05) is 14.1 Å². The molecule has 0 aromatic heterocycles. The van der Waals surface area contributed by atoms with Crippen molar-refractivity contribution >= 4 is 21.7 Å². The van der Waals surface area contributed by atoms with Gasteiger partial charge in [0.2, 0.25) is 0 Å². The summed E-state index contributed by atoms with van der Waals surface area (Å²) in [5, 5.41) is 9.62. The zero-order chi connectivity index (χ0) is 11.4. The number of carbonyl (C=O) groups excluding carboxylic acids is 1.